The molecule has 1 aromatic rings. The molecule has 0 bridgehead atoms. The lowest BCUT2D eigenvalue weighted by Gasteiger charge is -2.54. The SMILES string of the molecule is CNCC1(c2cccc(OC)c2)CC(C)(C)C1. The van der Waals surface area contributed by atoms with Crippen molar-refractivity contribution in [3.63, 3.8) is 0 Å². The minimum atomic E-state index is 0.298. The number of rotatable bonds is 4. The highest BCUT2D eigenvalue weighted by Gasteiger charge is 2.49. The molecule has 0 amide bonds. The standard InChI is InChI=1S/C15H23NO/c1-14(2)9-15(10-14,11-16-3)12-6-5-7-13(8-12)17-4/h5-8,16H,9-11H2,1-4H3. The molecular formula is C15H23NO. The van der Waals surface area contributed by atoms with E-state index in [0.717, 1.165) is 12.3 Å². The molecule has 0 saturated heterocycles. The quantitative estimate of drug-likeness (QED) is 0.863. The summed E-state index contributed by atoms with van der Waals surface area (Å²) < 4.78 is 5.33. The lowest BCUT2D eigenvalue weighted by atomic mass is 9.52. The van der Waals surface area contributed by atoms with Crippen LogP contribution >= 0.6 is 0 Å². The van der Waals surface area contributed by atoms with Gasteiger partial charge in [0.05, 0.1) is 7.11 Å². The Morgan fingerprint density at radius 1 is 1.29 bits per heavy atom. The minimum Gasteiger partial charge on any atom is -0.497 e. The molecule has 0 radical (unpaired) electrons. The molecule has 1 saturated carbocycles. The zero-order valence-corrected chi connectivity index (χ0v) is 11.3. The molecule has 1 N–H and O–H groups in total. The van der Waals surface area contributed by atoms with Crippen molar-refractivity contribution in [3.8, 4) is 5.75 Å². The summed E-state index contributed by atoms with van der Waals surface area (Å²) in [6, 6.07) is 8.53. The third-order valence-corrected chi connectivity index (χ3v) is 3.83. The van der Waals surface area contributed by atoms with E-state index in [0.29, 0.717) is 10.8 Å². The van der Waals surface area contributed by atoms with Gasteiger partial charge in [0.1, 0.15) is 5.75 Å². The molecule has 2 rings (SSSR count). The van der Waals surface area contributed by atoms with Crippen molar-refractivity contribution in [1.29, 1.82) is 0 Å². The molecule has 0 aliphatic heterocycles. The largest absolute Gasteiger partial charge is 0.497 e. The van der Waals surface area contributed by atoms with Crippen LogP contribution in [0.3, 0.4) is 0 Å². The number of hydrogen-bond acceptors (Lipinski definition) is 2. The molecular weight excluding hydrogens is 210 g/mol. The van der Waals surface area contributed by atoms with Crippen LogP contribution in [0.5, 0.6) is 5.75 Å². The van der Waals surface area contributed by atoms with Gasteiger partial charge in [0.25, 0.3) is 0 Å². The fourth-order valence-electron chi connectivity index (χ4n) is 3.50. The van der Waals surface area contributed by atoms with Gasteiger partial charge in [-0.15, -0.1) is 0 Å². The molecule has 2 nitrogen and oxygen atoms in total. The summed E-state index contributed by atoms with van der Waals surface area (Å²) in [6.45, 7) is 5.74. The highest BCUT2D eigenvalue weighted by Crippen LogP contribution is 2.55. The maximum absolute atomic E-state index is 5.33. The third-order valence-electron chi connectivity index (χ3n) is 3.83. The van der Waals surface area contributed by atoms with E-state index < -0.39 is 0 Å². The van der Waals surface area contributed by atoms with Crippen molar-refractivity contribution in [1.82, 2.24) is 5.32 Å². The molecule has 2 heteroatoms. The zero-order valence-electron chi connectivity index (χ0n) is 11.3. The van der Waals surface area contributed by atoms with Gasteiger partial charge in [0.15, 0.2) is 0 Å². The second kappa shape index (κ2) is 4.34. The molecule has 94 valence electrons. The molecule has 1 aliphatic rings. The number of hydrogen-bond donors (Lipinski definition) is 1. The molecule has 0 atom stereocenters. The van der Waals surface area contributed by atoms with Crippen LogP contribution in [-0.2, 0) is 5.41 Å². The number of likely N-dealkylation sites (N-methyl/N-ethyl adjacent to an activating group) is 1. The van der Waals surface area contributed by atoms with E-state index in [1.54, 1.807) is 7.11 Å². The van der Waals surface area contributed by atoms with Crippen LogP contribution in [-0.4, -0.2) is 20.7 Å². The summed E-state index contributed by atoms with van der Waals surface area (Å²) in [5.41, 5.74) is 2.18. The van der Waals surface area contributed by atoms with Crippen LogP contribution in [0.1, 0.15) is 32.3 Å². The van der Waals surface area contributed by atoms with Crippen molar-refractivity contribution in [2.24, 2.45) is 5.41 Å². The van der Waals surface area contributed by atoms with Crippen molar-refractivity contribution >= 4 is 0 Å². The monoisotopic (exact) mass is 233 g/mol. The highest BCUT2D eigenvalue weighted by atomic mass is 16.5. The number of benzene rings is 1. The average molecular weight is 233 g/mol. The Bertz CT molecular complexity index is 390. The predicted octanol–water partition coefficient (Wildman–Crippen LogP) is 2.97. The molecule has 1 aromatic carbocycles. The Morgan fingerprint density at radius 2 is 2.00 bits per heavy atom. The summed E-state index contributed by atoms with van der Waals surface area (Å²) in [6.07, 6.45) is 2.49. The van der Waals surface area contributed by atoms with Crippen LogP contribution in [0.15, 0.2) is 24.3 Å². The first-order valence-electron chi connectivity index (χ1n) is 6.31. The summed E-state index contributed by atoms with van der Waals surface area (Å²) in [4.78, 5) is 0. The van der Waals surface area contributed by atoms with Crippen LogP contribution in [0.2, 0.25) is 0 Å². The van der Waals surface area contributed by atoms with Crippen molar-refractivity contribution < 1.29 is 4.74 Å². The lowest BCUT2D eigenvalue weighted by Crippen LogP contribution is -2.51. The van der Waals surface area contributed by atoms with Gasteiger partial charge in [-0.2, -0.15) is 0 Å². The smallest absolute Gasteiger partial charge is 0.119 e. The Kier molecular flexibility index (Phi) is 3.17. The summed E-state index contributed by atoms with van der Waals surface area (Å²) >= 11 is 0. The van der Waals surface area contributed by atoms with Crippen molar-refractivity contribution in [2.45, 2.75) is 32.1 Å². The van der Waals surface area contributed by atoms with Crippen molar-refractivity contribution in [2.75, 3.05) is 20.7 Å². The van der Waals surface area contributed by atoms with Gasteiger partial charge in [-0.1, -0.05) is 26.0 Å². The van der Waals surface area contributed by atoms with Gasteiger partial charge >= 0.3 is 0 Å². The van der Waals surface area contributed by atoms with Gasteiger partial charge in [-0.3, -0.25) is 0 Å². The van der Waals surface area contributed by atoms with Gasteiger partial charge in [-0.25, -0.2) is 0 Å². The Labute approximate surface area is 104 Å². The van der Waals surface area contributed by atoms with Crippen LogP contribution < -0.4 is 10.1 Å². The van der Waals surface area contributed by atoms with E-state index in [-0.39, 0.29) is 0 Å². The van der Waals surface area contributed by atoms with E-state index in [4.69, 9.17) is 4.74 Å². The number of nitrogens with one attached hydrogen (secondary N) is 1. The zero-order chi connectivity index (χ0) is 12.5. The number of ether oxygens (including phenoxy) is 1. The van der Waals surface area contributed by atoms with E-state index in [1.165, 1.54) is 18.4 Å². The maximum atomic E-state index is 5.33. The Morgan fingerprint density at radius 3 is 2.53 bits per heavy atom. The van der Waals surface area contributed by atoms with Crippen LogP contribution in [0.4, 0.5) is 0 Å². The maximum Gasteiger partial charge on any atom is 0.119 e. The van der Waals surface area contributed by atoms with E-state index in [9.17, 15) is 0 Å². The van der Waals surface area contributed by atoms with Gasteiger partial charge in [0, 0.05) is 12.0 Å². The third kappa shape index (κ3) is 2.32. The highest BCUT2D eigenvalue weighted by molar-refractivity contribution is 5.37. The first-order valence-corrected chi connectivity index (χ1v) is 6.31. The lowest BCUT2D eigenvalue weighted by molar-refractivity contribution is 0.0577. The Hall–Kier alpha value is -1.02. The summed E-state index contributed by atoms with van der Waals surface area (Å²) in [5, 5.41) is 3.34. The predicted molar refractivity (Wildman–Crippen MR) is 71.6 cm³/mol. The molecule has 1 aliphatic carbocycles. The fraction of sp³-hybridized carbons (Fsp3) is 0.600. The average Bonchev–Trinajstić information content (AvgIpc) is 2.27. The Balaban J connectivity index is 2.28. The first kappa shape index (κ1) is 12.4. The van der Waals surface area contributed by atoms with Crippen LogP contribution in [0, 0.1) is 5.41 Å². The molecule has 0 unspecified atom stereocenters. The fourth-order valence-corrected chi connectivity index (χ4v) is 3.50. The summed E-state index contributed by atoms with van der Waals surface area (Å²) in [7, 11) is 3.77. The van der Waals surface area contributed by atoms with Gasteiger partial charge in [-0.05, 0) is 43.0 Å². The van der Waals surface area contributed by atoms with Crippen LogP contribution in [0.25, 0.3) is 0 Å². The second-order valence-electron chi connectivity index (χ2n) is 6.06. The van der Waals surface area contributed by atoms with Gasteiger partial charge in [0.2, 0.25) is 0 Å². The van der Waals surface area contributed by atoms with Crippen molar-refractivity contribution in [3.05, 3.63) is 29.8 Å². The molecule has 1 fully saturated rings. The normalized spacial score (nSPS) is 20.7. The van der Waals surface area contributed by atoms with E-state index in [1.807, 2.05) is 13.1 Å². The van der Waals surface area contributed by atoms with E-state index >= 15 is 0 Å². The van der Waals surface area contributed by atoms with Gasteiger partial charge < -0.3 is 10.1 Å². The van der Waals surface area contributed by atoms with E-state index in [2.05, 4.69) is 37.4 Å². The molecule has 0 spiro atoms. The molecule has 17 heavy (non-hydrogen) atoms. The topological polar surface area (TPSA) is 21.3 Å². The summed E-state index contributed by atoms with van der Waals surface area (Å²) in [5.74, 6) is 0.961. The second-order valence-corrected chi connectivity index (χ2v) is 6.06. The minimum absolute atomic E-state index is 0.298. The first-order chi connectivity index (χ1) is 8.01. The molecule has 0 heterocycles. The molecule has 0 aromatic heterocycles. The number of methoxy groups -OCH3 is 1.